The maximum absolute atomic E-state index is 6.04. The van der Waals surface area contributed by atoms with Gasteiger partial charge in [0.1, 0.15) is 11.4 Å². The average molecular weight is 232 g/mol. The van der Waals surface area contributed by atoms with Gasteiger partial charge in [0.25, 0.3) is 0 Å². The summed E-state index contributed by atoms with van der Waals surface area (Å²) in [6, 6.07) is 7.82. The molecule has 0 aliphatic heterocycles. The van der Waals surface area contributed by atoms with Crippen LogP contribution in [-0.4, -0.2) is 22.1 Å². The van der Waals surface area contributed by atoms with Crippen molar-refractivity contribution in [3.05, 3.63) is 24.3 Å². The molecule has 0 amide bonds. The molecule has 5 nitrogen and oxygen atoms in total. The molecule has 1 aromatic heterocycles. The number of aromatic nitrogens is 3. The summed E-state index contributed by atoms with van der Waals surface area (Å²) in [5.74, 6) is 1.31. The van der Waals surface area contributed by atoms with Crippen molar-refractivity contribution in [1.82, 2.24) is 15.0 Å². The smallest absolute Gasteiger partial charge is 0.150 e. The van der Waals surface area contributed by atoms with E-state index in [1.165, 1.54) is 0 Å². The van der Waals surface area contributed by atoms with Crippen molar-refractivity contribution in [1.29, 1.82) is 0 Å². The van der Waals surface area contributed by atoms with Crippen molar-refractivity contribution in [2.45, 2.75) is 19.9 Å². The van der Waals surface area contributed by atoms with Crippen molar-refractivity contribution >= 4 is 5.82 Å². The second-order valence-electron chi connectivity index (χ2n) is 4.06. The van der Waals surface area contributed by atoms with E-state index in [-0.39, 0.29) is 6.04 Å². The Morgan fingerprint density at radius 2 is 2.00 bits per heavy atom. The number of nitrogen functional groups attached to an aromatic ring is 1. The molecule has 17 heavy (non-hydrogen) atoms. The van der Waals surface area contributed by atoms with Gasteiger partial charge in [0.15, 0.2) is 5.82 Å². The van der Waals surface area contributed by atoms with Gasteiger partial charge in [-0.1, -0.05) is 17.3 Å². The van der Waals surface area contributed by atoms with Crippen LogP contribution in [0.5, 0.6) is 5.75 Å². The number of anilines is 1. The zero-order valence-electron chi connectivity index (χ0n) is 10.2. The quantitative estimate of drug-likeness (QED) is 0.880. The van der Waals surface area contributed by atoms with Gasteiger partial charge in [-0.3, -0.25) is 0 Å². The van der Waals surface area contributed by atoms with Gasteiger partial charge in [-0.25, -0.2) is 4.68 Å². The van der Waals surface area contributed by atoms with Gasteiger partial charge in [0.05, 0.1) is 13.2 Å². The molecule has 5 heteroatoms. The lowest BCUT2D eigenvalue weighted by molar-refractivity contribution is 0.416. The minimum absolute atomic E-state index is 0.186. The Hall–Kier alpha value is -2.04. The van der Waals surface area contributed by atoms with Crippen LogP contribution in [0.1, 0.15) is 19.9 Å². The highest BCUT2D eigenvalue weighted by Gasteiger charge is 2.16. The number of para-hydroxylation sites is 1. The highest BCUT2D eigenvalue weighted by Crippen LogP contribution is 2.32. The normalized spacial score (nSPS) is 10.8. The van der Waals surface area contributed by atoms with Crippen LogP contribution in [0.15, 0.2) is 24.3 Å². The van der Waals surface area contributed by atoms with Crippen LogP contribution in [-0.2, 0) is 0 Å². The van der Waals surface area contributed by atoms with Gasteiger partial charge < -0.3 is 10.5 Å². The Morgan fingerprint density at radius 3 is 2.59 bits per heavy atom. The maximum Gasteiger partial charge on any atom is 0.150 e. The molecule has 2 rings (SSSR count). The SMILES string of the molecule is COc1ccccc1-c1nnn(C(C)C)c1N. The number of nitrogens with two attached hydrogens (primary N) is 1. The van der Waals surface area contributed by atoms with E-state index in [0.29, 0.717) is 11.5 Å². The fourth-order valence-electron chi connectivity index (χ4n) is 1.71. The number of hydrogen-bond donors (Lipinski definition) is 1. The van der Waals surface area contributed by atoms with Gasteiger partial charge in [-0.15, -0.1) is 5.10 Å². The number of nitrogens with zero attached hydrogens (tertiary/aromatic N) is 3. The number of ether oxygens (including phenoxy) is 1. The number of rotatable bonds is 3. The molecule has 0 saturated heterocycles. The molecule has 0 spiro atoms. The van der Waals surface area contributed by atoms with E-state index in [9.17, 15) is 0 Å². The van der Waals surface area contributed by atoms with E-state index in [2.05, 4.69) is 10.3 Å². The van der Waals surface area contributed by atoms with E-state index >= 15 is 0 Å². The van der Waals surface area contributed by atoms with Crippen LogP contribution in [0.4, 0.5) is 5.82 Å². The van der Waals surface area contributed by atoms with Crippen LogP contribution in [0.3, 0.4) is 0 Å². The molecule has 0 saturated carbocycles. The standard InChI is InChI=1S/C12H16N4O/c1-8(2)16-12(13)11(14-15-16)9-6-4-5-7-10(9)17-3/h4-8H,13H2,1-3H3. The molecule has 0 aliphatic rings. The molecular formula is C12H16N4O. The molecule has 0 fully saturated rings. The predicted molar refractivity (Wildman–Crippen MR) is 66.8 cm³/mol. The molecule has 0 atom stereocenters. The monoisotopic (exact) mass is 232 g/mol. The van der Waals surface area contributed by atoms with Gasteiger partial charge in [0, 0.05) is 5.56 Å². The molecule has 1 heterocycles. The number of methoxy groups -OCH3 is 1. The van der Waals surface area contributed by atoms with Gasteiger partial charge in [-0.2, -0.15) is 0 Å². The van der Waals surface area contributed by atoms with Crippen LogP contribution >= 0.6 is 0 Å². The molecule has 0 aliphatic carbocycles. The lowest BCUT2D eigenvalue weighted by atomic mass is 10.1. The second kappa shape index (κ2) is 4.45. The van der Waals surface area contributed by atoms with Crippen LogP contribution < -0.4 is 10.5 Å². The predicted octanol–water partition coefficient (Wildman–Crippen LogP) is 2.12. The Labute approximate surface area is 100 Å². The first kappa shape index (κ1) is 11.4. The van der Waals surface area contributed by atoms with Crippen molar-refractivity contribution in [3.8, 4) is 17.0 Å². The fraction of sp³-hybridized carbons (Fsp3) is 0.333. The highest BCUT2D eigenvalue weighted by molar-refractivity contribution is 5.74. The summed E-state index contributed by atoms with van der Waals surface area (Å²) in [7, 11) is 1.63. The van der Waals surface area contributed by atoms with Gasteiger partial charge >= 0.3 is 0 Å². The Bertz CT molecular complexity index is 519. The van der Waals surface area contributed by atoms with Gasteiger partial charge in [-0.05, 0) is 26.0 Å². The Balaban J connectivity index is 2.53. The second-order valence-corrected chi connectivity index (χ2v) is 4.06. The van der Waals surface area contributed by atoms with E-state index in [0.717, 1.165) is 11.3 Å². The third-order valence-electron chi connectivity index (χ3n) is 2.58. The number of hydrogen-bond acceptors (Lipinski definition) is 4. The van der Waals surface area contributed by atoms with E-state index in [1.54, 1.807) is 11.8 Å². The van der Waals surface area contributed by atoms with Crippen LogP contribution in [0.2, 0.25) is 0 Å². The van der Waals surface area contributed by atoms with Crippen molar-refractivity contribution < 1.29 is 4.74 Å². The van der Waals surface area contributed by atoms with Crippen molar-refractivity contribution in [3.63, 3.8) is 0 Å². The van der Waals surface area contributed by atoms with E-state index in [1.807, 2.05) is 38.1 Å². The molecule has 90 valence electrons. The third-order valence-corrected chi connectivity index (χ3v) is 2.58. The first-order valence-electron chi connectivity index (χ1n) is 5.49. The molecule has 1 aromatic carbocycles. The summed E-state index contributed by atoms with van der Waals surface area (Å²) in [5, 5.41) is 8.18. The third kappa shape index (κ3) is 1.95. The van der Waals surface area contributed by atoms with Crippen molar-refractivity contribution in [2.75, 3.05) is 12.8 Å². The highest BCUT2D eigenvalue weighted by atomic mass is 16.5. The average Bonchev–Trinajstić information content (AvgIpc) is 2.71. The van der Waals surface area contributed by atoms with Crippen LogP contribution in [0.25, 0.3) is 11.3 Å². The first-order chi connectivity index (χ1) is 8.15. The summed E-state index contributed by atoms with van der Waals surface area (Å²) in [4.78, 5) is 0. The molecule has 0 bridgehead atoms. The van der Waals surface area contributed by atoms with E-state index in [4.69, 9.17) is 10.5 Å². The zero-order chi connectivity index (χ0) is 12.4. The Kier molecular flexibility index (Phi) is 2.99. The molecule has 2 aromatic rings. The summed E-state index contributed by atoms with van der Waals surface area (Å²) in [5.41, 5.74) is 7.57. The molecule has 2 N–H and O–H groups in total. The summed E-state index contributed by atoms with van der Waals surface area (Å²) in [6.07, 6.45) is 0. The maximum atomic E-state index is 6.04. The summed E-state index contributed by atoms with van der Waals surface area (Å²) < 4.78 is 6.99. The summed E-state index contributed by atoms with van der Waals surface area (Å²) >= 11 is 0. The first-order valence-corrected chi connectivity index (χ1v) is 5.49. The van der Waals surface area contributed by atoms with E-state index < -0.39 is 0 Å². The lowest BCUT2D eigenvalue weighted by Crippen LogP contribution is -2.07. The minimum Gasteiger partial charge on any atom is -0.496 e. The zero-order valence-corrected chi connectivity index (χ0v) is 10.2. The fourth-order valence-corrected chi connectivity index (χ4v) is 1.71. The summed E-state index contributed by atoms with van der Waals surface area (Å²) in [6.45, 7) is 4.02. The molecular weight excluding hydrogens is 216 g/mol. The lowest BCUT2D eigenvalue weighted by Gasteiger charge is -2.08. The topological polar surface area (TPSA) is 66.0 Å². The molecule has 0 unspecified atom stereocenters. The number of benzene rings is 1. The Morgan fingerprint density at radius 1 is 1.29 bits per heavy atom. The van der Waals surface area contributed by atoms with Gasteiger partial charge in [0.2, 0.25) is 0 Å². The largest absolute Gasteiger partial charge is 0.496 e. The molecule has 0 radical (unpaired) electrons. The van der Waals surface area contributed by atoms with Crippen molar-refractivity contribution in [2.24, 2.45) is 0 Å². The minimum atomic E-state index is 0.186. The van der Waals surface area contributed by atoms with Crippen LogP contribution in [0, 0.1) is 0 Å².